The average Bonchev–Trinajstić information content (AvgIpc) is 3.32. The van der Waals surface area contributed by atoms with Gasteiger partial charge in [-0.1, -0.05) is 6.92 Å². The van der Waals surface area contributed by atoms with Crippen molar-refractivity contribution in [3.05, 3.63) is 48.2 Å². The third-order valence-corrected chi connectivity index (χ3v) is 5.47. The smallest absolute Gasteiger partial charge is 0.316 e. The zero-order valence-corrected chi connectivity index (χ0v) is 19.7. The summed E-state index contributed by atoms with van der Waals surface area (Å²) < 4.78 is 30.9. The van der Waals surface area contributed by atoms with E-state index in [1.54, 1.807) is 31.3 Å². The average molecular weight is 485 g/mol. The van der Waals surface area contributed by atoms with Gasteiger partial charge in [-0.3, -0.25) is 4.79 Å². The second-order valence-electron chi connectivity index (χ2n) is 8.48. The lowest BCUT2D eigenvalue weighted by molar-refractivity contribution is -0.231. The molecule has 0 bridgehead atoms. The monoisotopic (exact) mass is 484 g/mol. The number of ether oxygens (including phenoxy) is 3. The van der Waals surface area contributed by atoms with Gasteiger partial charge in [-0.2, -0.15) is 4.98 Å². The molecule has 4 N–H and O–H groups in total. The molecular formula is C24H29FN6O4. The molecule has 3 aromatic rings. The van der Waals surface area contributed by atoms with Gasteiger partial charge in [-0.25, -0.2) is 14.4 Å². The van der Waals surface area contributed by atoms with Crippen molar-refractivity contribution in [1.82, 2.24) is 25.3 Å². The van der Waals surface area contributed by atoms with Gasteiger partial charge in [0.25, 0.3) is 0 Å². The van der Waals surface area contributed by atoms with Crippen LogP contribution in [0.4, 0.5) is 4.39 Å². The topological polar surface area (TPSA) is 137 Å². The van der Waals surface area contributed by atoms with E-state index in [0.717, 1.165) is 6.42 Å². The van der Waals surface area contributed by atoms with Gasteiger partial charge in [0.15, 0.2) is 5.82 Å². The van der Waals surface area contributed by atoms with Gasteiger partial charge in [0.05, 0.1) is 42.3 Å². The number of rotatable bonds is 9. The first-order chi connectivity index (χ1) is 16.9. The van der Waals surface area contributed by atoms with Gasteiger partial charge in [0, 0.05) is 24.8 Å². The first kappa shape index (κ1) is 24.7. The molecule has 1 aromatic carbocycles. The van der Waals surface area contributed by atoms with Crippen molar-refractivity contribution in [3.8, 4) is 28.7 Å². The number of carbonyl (C=O) groups excluding carboxylic acids is 1. The molecule has 11 heteroatoms. The number of amides is 1. The molecule has 186 valence electrons. The minimum Gasteiger partial charge on any atom is -0.463 e. The molecule has 0 spiro atoms. The van der Waals surface area contributed by atoms with Crippen LogP contribution in [0.1, 0.15) is 32.4 Å². The van der Waals surface area contributed by atoms with E-state index in [2.05, 4.69) is 20.3 Å². The molecule has 1 fully saturated rings. The van der Waals surface area contributed by atoms with Crippen molar-refractivity contribution in [1.29, 1.82) is 0 Å². The van der Waals surface area contributed by atoms with Crippen LogP contribution < -0.4 is 15.8 Å². The zero-order chi connectivity index (χ0) is 24.8. The Morgan fingerprint density at radius 2 is 2.00 bits per heavy atom. The maximum Gasteiger partial charge on any atom is 0.316 e. The SMILES string of the molecule is CCCOc1nccc(-c2[nH]c(C3OCC(C)(C(=O)NCCN)CO3)nc2-c2ccc(F)cc2)n1. The molecule has 0 atom stereocenters. The summed E-state index contributed by atoms with van der Waals surface area (Å²) in [5.41, 5.74) is 6.98. The highest BCUT2D eigenvalue weighted by atomic mass is 19.1. The number of H-pyrrole nitrogens is 1. The number of carbonyl (C=O) groups is 1. The van der Waals surface area contributed by atoms with Crippen LogP contribution in [-0.2, 0) is 14.3 Å². The summed E-state index contributed by atoms with van der Waals surface area (Å²) in [6, 6.07) is 7.97. The summed E-state index contributed by atoms with van der Waals surface area (Å²) in [4.78, 5) is 29.1. The lowest BCUT2D eigenvalue weighted by Gasteiger charge is -2.35. The quantitative estimate of drug-likeness (QED) is 0.421. The number of nitrogens with two attached hydrogens (primary N) is 1. The van der Waals surface area contributed by atoms with Crippen LogP contribution in [0, 0.1) is 11.2 Å². The van der Waals surface area contributed by atoms with Gasteiger partial charge >= 0.3 is 6.01 Å². The standard InChI is InChI=1S/C24H29FN6O4/c1-3-12-33-23-28-10-8-17(29-23)19-18(15-4-6-16(25)7-5-15)30-20(31-19)21-34-13-24(2,14-35-21)22(32)27-11-9-26/h4-8,10,21H,3,9,11-14,26H2,1-2H3,(H,27,32)(H,30,31). The molecule has 1 aliphatic heterocycles. The number of aromatic nitrogens is 4. The minimum atomic E-state index is -0.848. The first-order valence-electron chi connectivity index (χ1n) is 11.5. The molecule has 10 nitrogen and oxygen atoms in total. The Kier molecular flexibility index (Phi) is 7.69. The Balaban J connectivity index is 1.62. The Bertz CT molecular complexity index is 1150. The number of halogens is 1. The molecule has 1 saturated heterocycles. The van der Waals surface area contributed by atoms with Gasteiger partial charge in [0.1, 0.15) is 5.82 Å². The highest BCUT2D eigenvalue weighted by Gasteiger charge is 2.40. The van der Waals surface area contributed by atoms with Crippen molar-refractivity contribution in [2.24, 2.45) is 11.1 Å². The maximum absolute atomic E-state index is 13.6. The van der Waals surface area contributed by atoms with Gasteiger partial charge in [-0.15, -0.1) is 0 Å². The molecule has 2 aromatic heterocycles. The molecule has 0 unspecified atom stereocenters. The van der Waals surface area contributed by atoms with E-state index in [-0.39, 0.29) is 30.9 Å². The van der Waals surface area contributed by atoms with Crippen molar-refractivity contribution < 1.29 is 23.4 Å². The number of aromatic amines is 1. The fourth-order valence-corrected chi connectivity index (χ4v) is 3.55. The van der Waals surface area contributed by atoms with E-state index in [4.69, 9.17) is 24.9 Å². The Morgan fingerprint density at radius 1 is 1.26 bits per heavy atom. The summed E-state index contributed by atoms with van der Waals surface area (Å²) in [6.07, 6.45) is 1.60. The normalized spacial score (nSPS) is 19.9. The Labute approximate surface area is 202 Å². The molecule has 3 heterocycles. The van der Waals surface area contributed by atoms with E-state index >= 15 is 0 Å². The van der Waals surface area contributed by atoms with Crippen molar-refractivity contribution in [2.75, 3.05) is 32.9 Å². The second-order valence-corrected chi connectivity index (χ2v) is 8.48. The molecule has 1 aliphatic rings. The summed E-state index contributed by atoms with van der Waals surface area (Å²) in [7, 11) is 0. The maximum atomic E-state index is 13.6. The summed E-state index contributed by atoms with van der Waals surface area (Å²) >= 11 is 0. The number of nitrogens with zero attached hydrogens (tertiary/aromatic N) is 3. The summed E-state index contributed by atoms with van der Waals surface area (Å²) in [6.45, 7) is 5.26. The predicted molar refractivity (Wildman–Crippen MR) is 126 cm³/mol. The molecule has 0 aliphatic carbocycles. The molecule has 0 radical (unpaired) electrons. The Morgan fingerprint density at radius 3 is 2.69 bits per heavy atom. The van der Waals surface area contributed by atoms with E-state index in [1.165, 1.54) is 12.1 Å². The van der Waals surface area contributed by atoms with Gasteiger partial charge in [0.2, 0.25) is 12.2 Å². The van der Waals surface area contributed by atoms with Crippen LogP contribution in [0.15, 0.2) is 36.5 Å². The van der Waals surface area contributed by atoms with Crippen LogP contribution in [0.5, 0.6) is 6.01 Å². The number of hydrogen-bond acceptors (Lipinski definition) is 8. The molecule has 4 rings (SSSR count). The van der Waals surface area contributed by atoms with E-state index in [1.807, 2.05) is 6.92 Å². The fraction of sp³-hybridized carbons (Fsp3) is 0.417. The van der Waals surface area contributed by atoms with Crippen molar-refractivity contribution >= 4 is 5.91 Å². The minimum absolute atomic E-state index is 0.137. The number of nitrogens with one attached hydrogen (secondary N) is 2. The number of benzene rings is 1. The van der Waals surface area contributed by atoms with Gasteiger partial charge in [-0.05, 0) is 43.7 Å². The molecule has 0 saturated carbocycles. The van der Waals surface area contributed by atoms with E-state index in [0.29, 0.717) is 48.2 Å². The van der Waals surface area contributed by atoms with Crippen molar-refractivity contribution in [3.63, 3.8) is 0 Å². The highest BCUT2D eigenvalue weighted by molar-refractivity contribution is 5.82. The number of imidazole rings is 1. The summed E-state index contributed by atoms with van der Waals surface area (Å²) in [5, 5.41) is 2.77. The molecular weight excluding hydrogens is 455 g/mol. The predicted octanol–water partition coefficient (Wildman–Crippen LogP) is 2.59. The highest BCUT2D eigenvalue weighted by Crippen LogP contribution is 2.35. The third kappa shape index (κ3) is 5.64. The fourth-order valence-electron chi connectivity index (χ4n) is 3.55. The van der Waals surface area contributed by atoms with Crippen LogP contribution in [0.3, 0.4) is 0 Å². The molecule has 35 heavy (non-hydrogen) atoms. The molecule has 1 amide bonds. The van der Waals surface area contributed by atoms with Gasteiger partial charge < -0.3 is 30.2 Å². The van der Waals surface area contributed by atoms with Crippen LogP contribution >= 0.6 is 0 Å². The van der Waals surface area contributed by atoms with Crippen LogP contribution in [-0.4, -0.2) is 58.8 Å². The zero-order valence-electron chi connectivity index (χ0n) is 19.7. The first-order valence-corrected chi connectivity index (χ1v) is 11.5. The van der Waals surface area contributed by atoms with Crippen molar-refractivity contribution in [2.45, 2.75) is 26.6 Å². The van der Waals surface area contributed by atoms with Crippen LogP contribution in [0.2, 0.25) is 0 Å². The van der Waals surface area contributed by atoms with E-state index < -0.39 is 11.7 Å². The van der Waals surface area contributed by atoms with E-state index in [9.17, 15) is 9.18 Å². The van der Waals surface area contributed by atoms with Crippen LogP contribution in [0.25, 0.3) is 22.6 Å². The lowest BCUT2D eigenvalue weighted by Crippen LogP contribution is -2.49. The second kappa shape index (κ2) is 10.9. The largest absolute Gasteiger partial charge is 0.463 e. The lowest BCUT2D eigenvalue weighted by atomic mass is 9.91. The number of hydrogen-bond donors (Lipinski definition) is 3. The third-order valence-electron chi connectivity index (χ3n) is 5.47. The Hall–Kier alpha value is -3.41. The summed E-state index contributed by atoms with van der Waals surface area (Å²) in [5.74, 6) is -0.137.